The Bertz CT molecular complexity index is 1560. The molecule has 0 aliphatic rings. The Labute approximate surface area is 176 Å². The number of carbonyl (C=O) groups is 1. The maximum absolute atomic E-state index is 13.0. The van der Waals surface area contributed by atoms with E-state index in [0.29, 0.717) is 0 Å². The van der Waals surface area contributed by atoms with Gasteiger partial charge < -0.3 is 5.73 Å². The summed E-state index contributed by atoms with van der Waals surface area (Å²) in [7, 11) is -14.2. The topological polar surface area (TPSA) is 206 Å². The van der Waals surface area contributed by atoms with Gasteiger partial charge in [0.2, 0.25) is 0 Å². The van der Waals surface area contributed by atoms with Gasteiger partial charge in [0.05, 0.1) is 21.0 Å². The Kier molecular flexibility index (Phi) is 5.42. The summed E-state index contributed by atoms with van der Waals surface area (Å²) in [6.07, 6.45) is 0. The van der Waals surface area contributed by atoms with Crippen molar-refractivity contribution in [2.75, 3.05) is 5.73 Å². The van der Waals surface area contributed by atoms with Crippen LogP contribution in [0, 0.1) is 0 Å². The van der Waals surface area contributed by atoms with Crippen molar-refractivity contribution in [3.8, 4) is 0 Å². The van der Waals surface area contributed by atoms with Crippen LogP contribution in [-0.2, 0) is 30.4 Å². The van der Waals surface area contributed by atoms with Crippen LogP contribution in [0.15, 0.2) is 63.2 Å². The highest BCUT2D eigenvalue weighted by atomic mass is 32.2. The van der Waals surface area contributed by atoms with E-state index in [1.807, 2.05) is 0 Å². The smallest absolute Gasteiger partial charge is 0.295 e. The molecule has 0 saturated carbocycles. The molecule has 0 fully saturated rings. The summed E-state index contributed by atoms with van der Waals surface area (Å²) in [5.74, 6) is -0.993. The maximum atomic E-state index is 13.0. The fraction of sp³-hybridized carbons (Fsp3) is 0. The van der Waals surface area contributed by atoms with E-state index in [0.717, 1.165) is 48.5 Å². The molecule has 31 heavy (non-hydrogen) atoms. The Morgan fingerprint density at radius 1 is 0.710 bits per heavy atom. The number of anilines is 1. The van der Waals surface area contributed by atoms with Crippen molar-refractivity contribution in [2.45, 2.75) is 14.7 Å². The molecule has 164 valence electrons. The summed E-state index contributed by atoms with van der Waals surface area (Å²) in [5.41, 5.74) is 4.72. The van der Waals surface area contributed by atoms with Crippen molar-refractivity contribution in [1.82, 2.24) is 0 Å². The number of nitrogens with two attached hydrogens (primary N) is 1. The Balaban J connectivity index is 2.30. The van der Waals surface area contributed by atoms with Crippen LogP contribution in [0.3, 0.4) is 0 Å². The van der Waals surface area contributed by atoms with Crippen molar-refractivity contribution in [3.63, 3.8) is 0 Å². The lowest BCUT2D eigenvalue weighted by Crippen LogP contribution is -2.14. The van der Waals surface area contributed by atoms with Crippen LogP contribution in [0.2, 0.25) is 0 Å². The average molecular weight is 487 g/mol. The number of hydrogen-bond donors (Lipinski definition) is 4. The maximum Gasteiger partial charge on any atom is 0.295 e. The normalized spacial score (nSPS) is 12.7. The third kappa shape index (κ3) is 4.43. The molecule has 0 aromatic heterocycles. The number of fused-ring (bicyclic) bond motifs is 1. The molecular weight excluding hydrogens is 474 g/mol. The first-order chi connectivity index (χ1) is 14.1. The van der Waals surface area contributed by atoms with E-state index in [1.165, 1.54) is 0 Å². The summed E-state index contributed by atoms with van der Waals surface area (Å²) in [5, 5.41) is -0.0452. The van der Waals surface area contributed by atoms with Crippen LogP contribution >= 0.6 is 0 Å². The van der Waals surface area contributed by atoms with Crippen LogP contribution in [0.4, 0.5) is 5.69 Å². The van der Waals surface area contributed by atoms with Crippen molar-refractivity contribution >= 4 is 52.6 Å². The van der Waals surface area contributed by atoms with Gasteiger partial charge in [0.1, 0.15) is 4.90 Å². The lowest BCUT2D eigenvalue weighted by Gasteiger charge is -2.14. The molecule has 3 aromatic carbocycles. The molecule has 11 nitrogen and oxygen atoms in total. The molecule has 3 rings (SSSR count). The van der Waals surface area contributed by atoms with Crippen molar-refractivity contribution in [3.05, 3.63) is 59.7 Å². The molecule has 3 aromatic rings. The van der Waals surface area contributed by atoms with Gasteiger partial charge >= 0.3 is 0 Å². The summed E-state index contributed by atoms with van der Waals surface area (Å²) in [4.78, 5) is 11.0. The fourth-order valence-corrected chi connectivity index (χ4v) is 4.64. The number of hydrogen-bond acceptors (Lipinski definition) is 8. The second-order valence-electron chi connectivity index (χ2n) is 6.33. The zero-order chi connectivity index (χ0) is 23.4. The highest BCUT2D eigenvalue weighted by Gasteiger charge is 2.27. The Morgan fingerprint density at radius 3 is 1.71 bits per heavy atom. The third-order valence-corrected chi connectivity index (χ3v) is 6.93. The van der Waals surface area contributed by atoms with Gasteiger partial charge in [0, 0.05) is 10.9 Å². The largest absolute Gasteiger partial charge is 0.398 e. The van der Waals surface area contributed by atoms with E-state index < -0.39 is 62.1 Å². The molecule has 0 radical (unpaired) electrons. The van der Waals surface area contributed by atoms with Gasteiger partial charge in [-0.2, -0.15) is 25.3 Å². The molecule has 0 unspecified atom stereocenters. The van der Waals surface area contributed by atoms with Gasteiger partial charge in [0.25, 0.3) is 30.4 Å². The van der Waals surface area contributed by atoms with E-state index in [1.54, 1.807) is 0 Å². The van der Waals surface area contributed by atoms with Crippen molar-refractivity contribution < 1.29 is 43.7 Å². The van der Waals surface area contributed by atoms with Gasteiger partial charge in [-0.15, -0.1) is 0 Å². The van der Waals surface area contributed by atoms with E-state index >= 15 is 0 Å². The third-order valence-electron chi connectivity index (χ3n) is 4.33. The standard InChI is InChI=1S/C17H13NO10S3/c18-16-13-6-5-12(30(23,24)25)7-10(13)8-14(31(26,27)28)15(16)17(19)9-1-3-11(4-2-9)29(20,21)22/h1-8H,18H2,(H,20,21,22)(H,23,24,25)(H,26,27,28). The molecule has 0 bridgehead atoms. The lowest BCUT2D eigenvalue weighted by molar-refractivity contribution is 0.103. The second-order valence-corrected chi connectivity index (χ2v) is 10.6. The molecule has 0 heterocycles. The lowest BCUT2D eigenvalue weighted by atomic mass is 9.97. The first-order valence-electron chi connectivity index (χ1n) is 8.04. The van der Waals surface area contributed by atoms with Crippen LogP contribution in [0.5, 0.6) is 0 Å². The molecule has 0 aliphatic carbocycles. The fourth-order valence-electron chi connectivity index (χ4n) is 2.91. The van der Waals surface area contributed by atoms with Crippen LogP contribution < -0.4 is 5.73 Å². The molecule has 0 amide bonds. The minimum absolute atomic E-state index is 0.0534. The summed E-state index contributed by atoms with van der Waals surface area (Å²) in [6, 6.07) is 7.67. The van der Waals surface area contributed by atoms with Gasteiger partial charge in [-0.1, -0.05) is 6.07 Å². The average Bonchev–Trinajstić information content (AvgIpc) is 2.65. The summed E-state index contributed by atoms with van der Waals surface area (Å²) < 4.78 is 96.6. The molecule has 5 N–H and O–H groups in total. The number of ketones is 1. The predicted molar refractivity (Wildman–Crippen MR) is 108 cm³/mol. The highest BCUT2D eigenvalue weighted by Crippen LogP contribution is 2.34. The first-order valence-corrected chi connectivity index (χ1v) is 12.4. The minimum Gasteiger partial charge on any atom is -0.398 e. The zero-order valence-electron chi connectivity index (χ0n) is 15.1. The van der Waals surface area contributed by atoms with Crippen molar-refractivity contribution in [1.29, 1.82) is 0 Å². The molecule has 0 atom stereocenters. The zero-order valence-corrected chi connectivity index (χ0v) is 17.6. The number of carbonyl (C=O) groups excluding carboxylic acids is 1. The Morgan fingerprint density at radius 2 is 1.23 bits per heavy atom. The first kappa shape index (κ1) is 22.8. The number of rotatable bonds is 5. The highest BCUT2D eigenvalue weighted by molar-refractivity contribution is 7.86. The van der Waals surface area contributed by atoms with E-state index in [2.05, 4.69) is 0 Å². The predicted octanol–water partition coefficient (Wildman–Crippen LogP) is 1.39. The van der Waals surface area contributed by atoms with Gasteiger partial charge in [0.15, 0.2) is 5.78 Å². The van der Waals surface area contributed by atoms with Crippen molar-refractivity contribution in [2.24, 2.45) is 0 Å². The molecular formula is C17H13NO10S3. The van der Waals surface area contributed by atoms with Gasteiger partial charge in [-0.3, -0.25) is 18.5 Å². The summed E-state index contributed by atoms with van der Waals surface area (Å²) in [6.45, 7) is 0. The minimum atomic E-state index is -5.03. The van der Waals surface area contributed by atoms with Gasteiger partial charge in [-0.25, -0.2) is 0 Å². The molecule has 0 aliphatic heterocycles. The van der Waals surface area contributed by atoms with Crippen LogP contribution in [0.25, 0.3) is 10.8 Å². The number of benzene rings is 3. The molecule has 14 heteroatoms. The SMILES string of the molecule is Nc1c(C(=O)c2ccc(S(=O)(=O)O)cc2)c(S(=O)(=O)O)cc2cc(S(=O)(=O)O)ccc12. The quantitative estimate of drug-likeness (QED) is 0.230. The van der Waals surface area contributed by atoms with Crippen LogP contribution in [-0.4, -0.2) is 44.7 Å². The monoisotopic (exact) mass is 487 g/mol. The molecule has 0 spiro atoms. The van der Waals surface area contributed by atoms with E-state index in [-0.39, 0.29) is 16.3 Å². The van der Waals surface area contributed by atoms with E-state index in [9.17, 15) is 39.2 Å². The van der Waals surface area contributed by atoms with E-state index in [4.69, 9.17) is 10.3 Å². The van der Waals surface area contributed by atoms with Gasteiger partial charge in [-0.05, 0) is 47.9 Å². The Hall–Kier alpha value is -2.88. The van der Waals surface area contributed by atoms with Crippen LogP contribution in [0.1, 0.15) is 15.9 Å². The number of nitrogen functional groups attached to an aromatic ring is 1. The second kappa shape index (κ2) is 7.37. The molecule has 0 saturated heterocycles. The summed E-state index contributed by atoms with van der Waals surface area (Å²) >= 11 is 0.